The van der Waals surface area contributed by atoms with Gasteiger partial charge in [0.1, 0.15) is 0 Å². The monoisotopic (exact) mass is 870 g/mol. The molecule has 324 valence electrons. The molecule has 2 aliphatic heterocycles. The average Bonchev–Trinajstić information content (AvgIpc) is 3.40. The van der Waals surface area contributed by atoms with E-state index in [9.17, 15) is 0 Å². The van der Waals surface area contributed by atoms with E-state index in [1.807, 2.05) is 0 Å². The normalized spacial score (nSPS) is 12.8. The fourth-order valence-electron chi connectivity index (χ4n) is 11.1. The maximum Gasteiger partial charge on any atom is 0.252 e. The molecular weight excluding hydrogens is 820 g/mol. The molecule has 2 aliphatic rings. The van der Waals surface area contributed by atoms with Crippen molar-refractivity contribution in [3.05, 3.63) is 283 Å². The largest absolute Gasteiger partial charge is 0.311 e. The third-order valence-corrected chi connectivity index (χ3v) is 14.4. The van der Waals surface area contributed by atoms with Crippen LogP contribution >= 0.6 is 0 Å². The molecule has 0 N–H and O–H groups in total. The van der Waals surface area contributed by atoms with Gasteiger partial charge in [0, 0.05) is 34.1 Å². The van der Waals surface area contributed by atoms with Crippen LogP contribution in [-0.4, -0.2) is 6.71 Å². The lowest BCUT2D eigenvalue weighted by Gasteiger charge is -2.45. The van der Waals surface area contributed by atoms with Crippen molar-refractivity contribution >= 4 is 57.2 Å². The third kappa shape index (κ3) is 6.80. The maximum absolute atomic E-state index is 2.54. The van der Waals surface area contributed by atoms with Crippen LogP contribution in [0, 0.1) is 0 Å². The van der Waals surface area contributed by atoms with Gasteiger partial charge in [-0.05, 0) is 120 Å². The molecule has 0 radical (unpaired) electrons. The fourth-order valence-corrected chi connectivity index (χ4v) is 11.1. The van der Waals surface area contributed by atoms with Crippen molar-refractivity contribution in [1.29, 1.82) is 0 Å². The lowest BCUT2D eigenvalue weighted by molar-refractivity contribution is 0.590. The Morgan fingerprint density at radius 3 is 1.18 bits per heavy atom. The summed E-state index contributed by atoms with van der Waals surface area (Å²) in [6.45, 7) is 7.02. The van der Waals surface area contributed by atoms with Gasteiger partial charge in [0.15, 0.2) is 0 Å². The van der Waals surface area contributed by atoms with Crippen molar-refractivity contribution in [2.24, 2.45) is 0 Å². The van der Waals surface area contributed by atoms with Crippen molar-refractivity contribution in [2.75, 3.05) is 9.80 Å². The summed E-state index contributed by atoms with van der Waals surface area (Å²) in [4.78, 5) is 5.08. The van der Waals surface area contributed by atoms with Gasteiger partial charge in [-0.25, -0.2) is 0 Å². The highest BCUT2D eigenvalue weighted by molar-refractivity contribution is 7.00. The van der Waals surface area contributed by atoms with E-state index < -0.39 is 5.41 Å². The van der Waals surface area contributed by atoms with Gasteiger partial charge < -0.3 is 9.80 Å². The van der Waals surface area contributed by atoms with E-state index in [1.54, 1.807) is 0 Å². The highest BCUT2D eigenvalue weighted by Crippen LogP contribution is 2.49. The second-order valence-electron chi connectivity index (χ2n) is 19.3. The number of para-hydroxylation sites is 1. The molecule has 0 atom stereocenters. The number of fused-ring (bicyclic) bond motifs is 4. The summed E-state index contributed by atoms with van der Waals surface area (Å²) < 4.78 is 0. The van der Waals surface area contributed by atoms with E-state index in [0.29, 0.717) is 0 Å². The van der Waals surface area contributed by atoms with Gasteiger partial charge in [-0.2, -0.15) is 0 Å². The van der Waals surface area contributed by atoms with Gasteiger partial charge in [-0.15, -0.1) is 0 Å². The van der Waals surface area contributed by atoms with Crippen LogP contribution in [0.15, 0.2) is 255 Å². The Labute approximate surface area is 401 Å². The summed E-state index contributed by atoms with van der Waals surface area (Å²) in [5, 5.41) is 0. The lowest BCUT2D eigenvalue weighted by Crippen LogP contribution is -2.61. The smallest absolute Gasteiger partial charge is 0.252 e. The van der Waals surface area contributed by atoms with Gasteiger partial charge in [0.05, 0.1) is 5.41 Å². The molecule has 10 aromatic rings. The Hall–Kier alpha value is -8.14. The van der Waals surface area contributed by atoms with Crippen molar-refractivity contribution in [3.8, 4) is 22.3 Å². The van der Waals surface area contributed by atoms with E-state index >= 15 is 0 Å². The third-order valence-electron chi connectivity index (χ3n) is 14.4. The quantitative estimate of drug-likeness (QED) is 0.111. The summed E-state index contributed by atoms with van der Waals surface area (Å²) in [6.07, 6.45) is 0. The molecule has 2 heterocycles. The Bertz CT molecular complexity index is 3300. The summed E-state index contributed by atoms with van der Waals surface area (Å²) in [5.41, 5.74) is 21.4. The van der Waals surface area contributed by atoms with Crippen LogP contribution < -0.4 is 26.2 Å². The summed E-state index contributed by atoms with van der Waals surface area (Å²) >= 11 is 0. The first-order chi connectivity index (χ1) is 33.4. The van der Waals surface area contributed by atoms with Crippen LogP contribution in [0.5, 0.6) is 0 Å². The van der Waals surface area contributed by atoms with E-state index in [0.717, 1.165) is 11.4 Å². The minimum absolute atomic E-state index is 0.00105. The first kappa shape index (κ1) is 41.3. The molecule has 0 fully saturated rings. The molecule has 68 heavy (non-hydrogen) atoms. The zero-order chi connectivity index (χ0) is 45.8. The van der Waals surface area contributed by atoms with Crippen LogP contribution in [-0.2, 0) is 10.8 Å². The van der Waals surface area contributed by atoms with Crippen molar-refractivity contribution in [1.82, 2.24) is 0 Å². The van der Waals surface area contributed by atoms with Crippen LogP contribution in [0.1, 0.15) is 48.6 Å². The molecule has 2 nitrogen and oxygen atoms in total. The van der Waals surface area contributed by atoms with Gasteiger partial charge in [0.2, 0.25) is 0 Å². The summed E-state index contributed by atoms with van der Waals surface area (Å²) in [6, 6.07) is 94.3. The minimum Gasteiger partial charge on any atom is -0.311 e. The number of hydrogen-bond donors (Lipinski definition) is 0. The standard InChI is InChI=1S/C65H51BN2/c1-64(2,3)54-44-61-63-62(45-54)68(55-38-33-48(34-39-55)46-21-9-4-10-22-46)60-42-35-49(47-23-11-5-12-24-47)43-58(60)66(63)57-31-19-20-32-59(57)67(61)56-40-36-53(37-41-56)65(50-25-13-6-14-26-50,51-27-15-7-16-28-51)52-29-17-8-18-30-52/h4-45H,1-3H3. The highest BCUT2D eigenvalue weighted by atomic mass is 15.2. The van der Waals surface area contributed by atoms with Gasteiger partial charge in [0.25, 0.3) is 6.71 Å². The van der Waals surface area contributed by atoms with Crippen LogP contribution in [0.2, 0.25) is 0 Å². The molecular formula is C65H51BN2. The molecule has 10 aromatic carbocycles. The van der Waals surface area contributed by atoms with Crippen molar-refractivity contribution in [2.45, 2.75) is 31.6 Å². The van der Waals surface area contributed by atoms with Gasteiger partial charge in [-0.1, -0.05) is 227 Å². The summed E-state index contributed by atoms with van der Waals surface area (Å²) in [7, 11) is 0. The molecule has 0 aliphatic carbocycles. The Morgan fingerprint density at radius 2 is 0.676 bits per heavy atom. The Morgan fingerprint density at radius 1 is 0.294 bits per heavy atom. The van der Waals surface area contributed by atoms with E-state index in [4.69, 9.17) is 0 Å². The van der Waals surface area contributed by atoms with Gasteiger partial charge >= 0.3 is 0 Å². The molecule has 0 unspecified atom stereocenters. The SMILES string of the molecule is CC(C)(C)c1cc2c3c(c1)N(c1ccc(-c4ccccc4)cc1)c1ccc(-c4ccccc4)cc1B3c1ccccc1N2c1ccc(C(c2ccccc2)(c2ccccc2)c2ccccc2)cc1. The molecule has 0 amide bonds. The fraction of sp³-hybridized carbons (Fsp3) is 0.0769. The van der Waals surface area contributed by atoms with Crippen molar-refractivity contribution < 1.29 is 0 Å². The molecule has 3 heteroatoms. The zero-order valence-electron chi connectivity index (χ0n) is 38.7. The lowest BCUT2D eigenvalue weighted by atomic mass is 9.33. The van der Waals surface area contributed by atoms with Crippen LogP contribution in [0.25, 0.3) is 22.3 Å². The molecule has 0 aromatic heterocycles. The molecule has 0 bridgehead atoms. The zero-order valence-corrected chi connectivity index (χ0v) is 38.7. The predicted octanol–water partition coefficient (Wildman–Crippen LogP) is 14.8. The molecule has 12 rings (SSSR count). The van der Waals surface area contributed by atoms with Crippen molar-refractivity contribution in [3.63, 3.8) is 0 Å². The number of nitrogens with zero attached hydrogens (tertiary/aromatic N) is 2. The maximum atomic E-state index is 2.54. The van der Waals surface area contributed by atoms with Crippen LogP contribution in [0.4, 0.5) is 34.1 Å². The molecule has 0 spiro atoms. The Kier molecular flexibility index (Phi) is 10.1. The van der Waals surface area contributed by atoms with E-state index in [2.05, 4.69) is 285 Å². The minimum atomic E-state index is -0.546. The summed E-state index contributed by atoms with van der Waals surface area (Å²) in [5.74, 6) is 0. The molecule has 0 saturated heterocycles. The first-order valence-electron chi connectivity index (χ1n) is 23.9. The first-order valence-corrected chi connectivity index (χ1v) is 23.9. The molecule has 0 saturated carbocycles. The number of rotatable bonds is 8. The van der Waals surface area contributed by atoms with Crippen LogP contribution in [0.3, 0.4) is 0 Å². The number of hydrogen-bond acceptors (Lipinski definition) is 2. The Balaban J connectivity index is 1.09. The second-order valence-corrected chi connectivity index (χ2v) is 19.3. The van der Waals surface area contributed by atoms with E-state index in [1.165, 1.54) is 89.2 Å². The van der Waals surface area contributed by atoms with E-state index in [-0.39, 0.29) is 12.1 Å². The van der Waals surface area contributed by atoms with Gasteiger partial charge in [-0.3, -0.25) is 0 Å². The number of anilines is 6. The number of benzene rings is 10. The second kappa shape index (κ2) is 16.6. The average molecular weight is 871 g/mol. The predicted molar refractivity (Wildman–Crippen MR) is 288 cm³/mol. The topological polar surface area (TPSA) is 6.48 Å². The highest BCUT2D eigenvalue weighted by Gasteiger charge is 2.45.